The largest absolute Gasteiger partial charge is 0.0622 e. The van der Waals surface area contributed by atoms with Crippen LogP contribution in [0.25, 0.3) is 0 Å². The second kappa shape index (κ2) is 14.6. The molecule has 0 saturated carbocycles. The Bertz CT molecular complexity index is 673. The van der Waals surface area contributed by atoms with Gasteiger partial charge in [-0.2, -0.15) is 0 Å². The van der Waals surface area contributed by atoms with Crippen molar-refractivity contribution in [2.45, 2.75) is 9.63 Å². The number of hydrogen-bond acceptors (Lipinski definition) is 0. The third-order valence-electron chi connectivity index (χ3n) is 3.49. The van der Waals surface area contributed by atoms with Gasteiger partial charge in [-0.1, -0.05) is 69.2 Å². The van der Waals surface area contributed by atoms with Crippen LogP contribution in [0.3, 0.4) is 0 Å². The molecule has 0 spiro atoms. The predicted molar refractivity (Wildman–Crippen MR) is 116 cm³/mol. The van der Waals surface area contributed by atoms with Gasteiger partial charge < -0.3 is 0 Å². The van der Waals surface area contributed by atoms with E-state index in [0.29, 0.717) is 9.63 Å². The molecule has 0 aromatic heterocycles. The summed E-state index contributed by atoms with van der Waals surface area (Å²) >= 11 is 1.13. The molecule has 146 valence electrons. The Morgan fingerprint density at radius 3 is 1.30 bits per heavy atom. The van der Waals surface area contributed by atoms with E-state index in [-0.39, 0.29) is 15.9 Å². The van der Waals surface area contributed by atoms with Crippen LogP contribution in [-0.2, 0) is 30.9 Å². The van der Waals surface area contributed by atoms with E-state index in [2.05, 4.69) is 109 Å². The van der Waals surface area contributed by atoms with E-state index in [1.807, 2.05) is 0 Å². The standard InChI is InChI=1S/C12H11P.2C5H5.2ClH.Fe.Pd/c1-3-7-11(8-4-1)13-12-9-5-2-6-10-12;2*1-2-4-5-3-1;;;;/h1-10,13H;2*1-5H;2*1H;;/q;;;;;;+2/p-2. The van der Waals surface area contributed by atoms with Crippen LogP contribution in [0.4, 0.5) is 0 Å². The normalized spacial score (nSPS) is 14.9. The van der Waals surface area contributed by atoms with E-state index in [0.717, 1.165) is 8.58 Å². The summed E-state index contributed by atoms with van der Waals surface area (Å²) < 4.78 is 0. The van der Waals surface area contributed by atoms with Crippen LogP contribution in [0.2, 0.25) is 9.63 Å². The van der Waals surface area contributed by atoms with E-state index in [1.54, 1.807) is 0 Å². The van der Waals surface area contributed by atoms with Gasteiger partial charge in [0.1, 0.15) is 0 Å². The number of halogens is 2. The summed E-state index contributed by atoms with van der Waals surface area (Å²) in [6.45, 7) is 0. The minimum atomic E-state index is -0.106. The fourth-order valence-electron chi connectivity index (χ4n) is 2.32. The van der Waals surface area contributed by atoms with Crippen LogP contribution >= 0.6 is 27.6 Å². The molecular weight excluding hydrogens is 528 g/mol. The van der Waals surface area contributed by atoms with Gasteiger partial charge in [-0.3, -0.25) is 0 Å². The smallest absolute Gasteiger partial charge is 0.0226 e. The van der Waals surface area contributed by atoms with Gasteiger partial charge >= 0.3 is 108 Å². The minimum Gasteiger partial charge on any atom is -0.0622 e. The van der Waals surface area contributed by atoms with E-state index in [4.69, 9.17) is 19.1 Å². The maximum Gasteiger partial charge on any atom is -0.0226 e. The Hall–Kier alpha value is -0.408. The molecule has 4 rings (SSSR count). The number of allylic oxidation sites excluding steroid dienone is 8. The summed E-state index contributed by atoms with van der Waals surface area (Å²) in [5.41, 5.74) is 0. The van der Waals surface area contributed by atoms with Gasteiger partial charge in [0.15, 0.2) is 0 Å². The van der Waals surface area contributed by atoms with Crippen molar-refractivity contribution in [2.75, 3.05) is 0 Å². The Morgan fingerprint density at radius 1 is 0.630 bits per heavy atom. The van der Waals surface area contributed by atoms with Gasteiger partial charge in [0.25, 0.3) is 0 Å². The van der Waals surface area contributed by atoms with Gasteiger partial charge in [0.2, 0.25) is 0 Å². The van der Waals surface area contributed by atoms with Crippen LogP contribution in [-0.4, -0.2) is 0 Å². The summed E-state index contributed by atoms with van der Waals surface area (Å²) in [6.07, 6.45) is 17.6. The average Bonchev–Trinajstić information content (AvgIpc) is 3.40. The molecule has 2 aliphatic rings. The Balaban J connectivity index is 0.000000171. The first-order valence-corrected chi connectivity index (χ1v) is 14.6. The molecular formula is C22H21Cl2FePPd. The van der Waals surface area contributed by atoms with Crippen molar-refractivity contribution in [1.82, 2.24) is 0 Å². The van der Waals surface area contributed by atoms with Crippen molar-refractivity contribution < 1.29 is 30.9 Å². The quantitative estimate of drug-likeness (QED) is 0.298. The Kier molecular flexibility index (Phi) is 12.3. The first-order valence-electron chi connectivity index (χ1n) is 8.30. The van der Waals surface area contributed by atoms with Crippen LogP contribution in [0.15, 0.2) is 109 Å². The van der Waals surface area contributed by atoms with Crippen molar-refractivity contribution in [2.24, 2.45) is 0 Å². The molecule has 0 unspecified atom stereocenters. The van der Waals surface area contributed by atoms with Crippen molar-refractivity contribution in [1.29, 1.82) is 0 Å². The fraction of sp³-hybridized carbons (Fsp3) is 0.0909. The maximum absolute atomic E-state index is 4.81. The molecule has 0 nitrogen and oxygen atoms in total. The molecule has 2 aliphatic carbocycles. The van der Waals surface area contributed by atoms with Crippen LogP contribution in [0.5, 0.6) is 0 Å². The molecule has 0 N–H and O–H groups in total. The van der Waals surface area contributed by atoms with Crippen LogP contribution in [0, 0.1) is 0 Å². The van der Waals surface area contributed by atoms with E-state index >= 15 is 0 Å². The molecule has 0 heterocycles. The summed E-state index contributed by atoms with van der Waals surface area (Å²) in [5.74, 6) is 0. The third-order valence-corrected chi connectivity index (χ3v) is 6.44. The van der Waals surface area contributed by atoms with Crippen LogP contribution in [0.1, 0.15) is 0 Å². The average molecular weight is 550 g/mol. The van der Waals surface area contributed by atoms with Crippen molar-refractivity contribution in [3.63, 3.8) is 0 Å². The topological polar surface area (TPSA) is 0 Å². The molecule has 0 aliphatic heterocycles. The van der Waals surface area contributed by atoms with E-state index in [1.165, 1.54) is 25.6 Å². The fourth-order valence-corrected chi connectivity index (χ4v) is 4.85. The molecule has 0 bridgehead atoms. The SMILES string of the molecule is C1=C[CH]([Fe][CH]2C=CC=C2)C=C1.[Cl][Pd][Cl].c1ccc(Pc2ccccc2)cc1. The van der Waals surface area contributed by atoms with Gasteiger partial charge in [0.05, 0.1) is 0 Å². The second-order valence-corrected chi connectivity index (χ2v) is 11.0. The summed E-state index contributed by atoms with van der Waals surface area (Å²) in [4.78, 5) is 1.35. The van der Waals surface area contributed by atoms with Gasteiger partial charge in [-0.25, -0.2) is 0 Å². The predicted octanol–water partition coefficient (Wildman–Crippen LogP) is 6.59. The molecule has 5 heteroatoms. The summed E-state index contributed by atoms with van der Waals surface area (Å²) in [7, 11) is 10.4. The monoisotopic (exact) mass is 548 g/mol. The summed E-state index contributed by atoms with van der Waals surface area (Å²) in [6, 6.07) is 21.2. The molecule has 27 heavy (non-hydrogen) atoms. The van der Waals surface area contributed by atoms with E-state index < -0.39 is 0 Å². The second-order valence-electron chi connectivity index (χ2n) is 5.42. The van der Waals surface area contributed by atoms with Crippen LogP contribution < -0.4 is 10.6 Å². The molecule has 0 amide bonds. The zero-order valence-corrected chi connectivity index (χ0v) is 19.6. The van der Waals surface area contributed by atoms with Gasteiger partial charge in [0, 0.05) is 0 Å². The molecule has 0 atom stereocenters. The minimum absolute atomic E-state index is 0.106. The molecule has 0 saturated heterocycles. The van der Waals surface area contributed by atoms with Gasteiger partial charge in [-0.15, -0.1) is 0 Å². The number of benzene rings is 2. The molecule has 2 aromatic carbocycles. The molecule has 2 aromatic rings. The first kappa shape index (κ1) is 22.9. The van der Waals surface area contributed by atoms with Crippen molar-refractivity contribution in [3.8, 4) is 0 Å². The zero-order valence-electron chi connectivity index (χ0n) is 14.5. The zero-order chi connectivity index (χ0) is 19.2. The van der Waals surface area contributed by atoms with E-state index in [9.17, 15) is 0 Å². The molecule has 0 fully saturated rings. The van der Waals surface area contributed by atoms with Gasteiger partial charge in [-0.05, 0) is 10.6 Å². The summed E-state index contributed by atoms with van der Waals surface area (Å²) in [5, 5.41) is 2.79. The Morgan fingerprint density at radius 2 is 0.963 bits per heavy atom. The Labute approximate surface area is 186 Å². The third kappa shape index (κ3) is 10.1. The first-order chi connectivity index (χ1) is 13.3. The number of rotatable bonds is 4. The number of hydrogen-bond donors (Lipinski definition) is 0. The van der Waals surface area contributed by atoms with Crippen molar-refractivity contribution in [3.05, 3.63) is 109 Å². The van der Waals surface area contributed by atoms with Crippen molar-refractivity contribution >= 4 is 38.2 Å². The molecule has 0 radical (unpaired) electrons. The maximum atomic E-state index is 4.81.